The van der Waals surface area contributed by atoms with Gasteiger partial charge in [0.2, 0.25) is 23.6 Å². The van der Waals surface area contributed by atoms with Crippen LogP contribution in [0, 0.1) is 0 Å². The lowest BCUT2D eigenvalue weighted by Gasteiger charge is -2.27. The molecule has 0 aliphatic rings. The van der Waals surface area contributed by atoms with Crippen molar-refractivity contribution in [3.05, 3.63) is 203 Å². The SMILES string of the molecule is COc1ccc([C@H](CSSC[C@H](N[C@@H](COCc2ccccc2)C(=O)NCC(=O)NCc2ccccc2)c2ccc(OC)cc2)N[C@@H](COCc2ccccc2)C(=O)NCC(=O)NCc2ccccc2)cc1. The van der Waals surface area contributed by atoms with E-state index in [-0.39, 0.29) is 62.0 Å². The van der Waals surface area contributed by atoms with Gasteiger partial charge in [-0.3, -0.25) is 29.8 Å². The summed E-state index contributed by atoms with van der Waals surface area (Å²) in [7, 11) is 6.42. The van der Waals surface area contributed by atoms with Gasteiger partial charge in [-0.2, -0.15) is 0 Å². The lowest BCUT2D eigenvalue weighted by atomic mass is 10.1. The molecule has 0 fully saturated rings. The van der Waals surface area contributed by atoms with Crippen molar-refractivity contribution < 1.29 is 38.1 Å². The van der Waals surface area contributed by atoms with E-state index in [1.165, 1.54) is 0 Å². The molecule has 4 amide bonds. The number of hydrogen-bond donors (Lipinski definition) is 6. The number of benzene rings is 6. The van der Waals surface area contributed by atoms with Crippen molar-refractivity contribution in [1.82, 2.24) is 31.9 Å². The largest absolute Gasteiger partial charge is 0.497 e. The lowest BCUT2D eigenvalue weighted by molar-refractivity contribution is -0.128. The number of carbonyl (C=O) groups excluding carboxylic acids is 4. The topological polar surface area (TPSA) is 177 Å². The van der Waals surface area contributed by atoms with Crippen LogP contribution in [0.1, 0.15) is 45.5 Å². The Kier molecular flexibility index (Phi) is 23.5. The van der Waals surface area contributed by atoms with Crippen LogP contribution in [0.4, 0.5) is 0 Å². The highest BCUT2D eigenvalue weighted by molar-refractivity contribution is 8.76. The van der Waals surface area contributed by atoms with Gasteiger partial charge < -0.3 is 40.2 Å². The van der Waals surface area contributed by atoms with Gasteiger partial charge in [0.15, 0.2) is 0 Å². The van der Waals surface area contributed by atoms with Crippen molar-refractivity contribution in [2.45, 2.75) is 50.5 Å². The first-order valence-electron chi connectivity index (χ1n) is 23.7. The van der Waals surface area contributed by atoms with E-state index in [0.717, 1.165) is 33.4 Å². The molecule has 0 aromatic heterocycles. The molecule has 4 atom stereocenters. The van der Waals surface area contributed by atoms with E-state index in [1.54, 1.807) is 35.8 Å². The Balaban J connectivity index is 1.15. The first-order chi connectivity index (χ1) is 35.3. The smallest absolute Gasteiger partial charge is 0.239 e. The average Bonchev–Trinajstić information content (AvgIpc) is 3.43. The zero-order valence-electron chi connectivity index (χ0n) is 40.6. The maximum absolute atomic E-state index is 14.0. The Hall–Kier alpha value is -6.66. The second kappa shape index (κ2) is 30.9. The summed E-state index contributed by atoms with van der Waals surface area (Å²) in [4.78, 5) is 53.8. The van der Waals surface area contributed by atoms with Gasteiger partial charge in [0.05, 0.1) is 53.7 Å². The highest BCUT2D eigenvalue weighted by Crippen LogP contribution is 2.33. The van der Waals surface area contributed by atoms with Gasteiger partial charge in [-0.25, -0.2) is 0 Å². The summed E-state index contributed by atoms with van der Waals surface area (Å²) in [5, 5.41) is 18.5. The predicted octanol–water partition coefficient (Wildman–Crippen LogP) is 7.08. The van der Waals surface area contributed by atoms with E-state index in [9.17, 15) is 19.2 Å². The molecule has 6 aromatic carbocycles. The number of carbonyl (C=O) groups is 4. The van der Waals surface area contributed by atoms with Crippen molar-refractivity contribution in [2.24, 2.45) is 0 Å². The van der Waals surface area contributed by atoms with Crippen LogP contribution in [0.5, 0.6) is 11.5 Å². The molecule has 0 heterocycles. The number of methoxy groups -OCH3 is 2. The Bertz CT molecular complexity index is 2340. The molecule has 16 heteroatoms. The molecule has 0 saturated carbocycles. The Morgan fingerprint density at radius 2 is 0.764 bits per heavy atom. The van der Waals surface area contributed by atoms with Crippen LogP contribution < -0.4 is 41.4 Å². The average molecular weight is 1010 g/mol. The van der Waals surface area contributed by atoms with Crippen molar-refractivity contribution in [3.8, 4) is 11.5 Å². The van der Waals surface area contributed by atoms with Gasteiger partial charge in [-0.15, -0.1) is 0 Å². The number of hydrogen-bond acceptors (Lipinski definition) is 12. The molecule has 6 N–H and O–H groups in total. The minimum atomic E-state index is -0.836. The zero-order chi connectivity index (χ0) is 50.6. The van der Waals surface area contributed by atoms with Crippen LogP contribution in [0.3, 0.4) is 0 Å². The molecule has 0 spiro atoms. The van der Waals surface area contributed by atoms with Gasteiger partial charge in [0, 0.05) is 36.7 Å². The molecule has 0 aliphatic carbocycles. The van der Waals surface area contributed by atoms with Crippen LogP contribution in [0.15, 0.2) is 170 Å². The van der Waals surface area contributed by atoms with Gasteiger partial charge in [0.1, 0.15) is 23.6 Å². The van der Waals surface area contributed by atoms with Crippen LogP contribution in [0.25, 0.3) is 0 Å². The first-order valence-corrected chi connectivity index (χ1v) is 26.2. The predicted molar refractivity (Wildman–Crippen MR) is 285 cm³/mol. The van der Waals surface area contributed by atoms with E-state index in [2.05, 4.69) is 31.9 Å². The number of ether oxygens (including phenoxy) is 4. The maximum Gasteiger partial charge on any atom is 0.239 e. The summed E-state index contributed by atoms with van der Waals surface area (Å²) < 4.78 is 23.2. The van der Waals surface area contributed by atoms with E-state index in [1.807, 2.05) is 170 Å². The van der Waals surface area contributed by atoms with E-state index < -0.39 is 12.1 Å². The third kappa shape index (κ3) is 19.5. The highest BCUT2D eigenvalue weighted by Gasteiger charge is 2.27. The maximum atomic E-state index is 14.0. The molecule has 6 rings (SSSR count). The summed E-state index contributed by atoms with van der Waals surface area (Å²) in [5.74, 6) is 0.991. The fraction of sp³-hybridized carbons (Fsp3) is 0.286. The van der Waals surface area contributed by atoms with Crippen LogP contribution >= 0.6 is 21.6 Å². The van der Waals surface area contributed by atoms with Crippen molar-refractivity contribution in [2.75, 3.05) is 52.0 Å². The minimum Gasteiger partial charge on any atom is -0.497 e. The summed E-state index contributed by atoms with van der Waals surface area (Å²) in [6.07, 6.45) is 0. The fourth-order valence-corrected chi connectivity index (χ4v) is 9.74. The van der Waals surface area contributed by atoms with E-state index >= 15 is 0 Å². The molecule has 14 nitrogen and oxygen atoms in total. The molecule has 0 saturated heterocycles. The van der Waals surface area contributed by atoms with E-state index in [4.69, 9.17) is 18.9 Å². The summed E-state index contributed by atoms with van der Waals surface area (Å²) in [6.45, 7) is 0.902. The van der Waals surface area contributed by atoms with Crippen molar-refractivity contribution >= 4 is 45.2 Å². The lowest BCUT2D eigenvalue weighted by Crippen LogP contribution is -2.50. The number of nitrogens with one attached hydrogen (secondary N) is 6. The summed E-state index contributed by atoms with van der Waals surface area (Å²) in [5.41, 5.74) is 5.64. The second-order valence-electron chi connectivity index (χ2n) is 16.6. The van der Waals surface area contributed by atoms with E-state index in [0.29, 0.717) is 49.3 Å². The third-order valence-electron chi connectivity index (χ3n) is 11.3. The van der Waals surface area contributed by atoms with Gasteiger partial charge >= 0.3 is 0 Å². The molecule has 6 aromatic rings. The highest BCUT2D eigenvalue weighted by atomic mass is 33.1. The van der Waals surface area contributed by atoms with Crippen LogP contribution in [-0.2, 0) is 55.0 Å². The molecule has 378 valence electrons. The molecule has 0 aliphatic heterocycles. The van der Waals surface area contributed by atoms with Crippen molar-refractivity contribution in [3.63, 3.8) is 0 Å². The van der Waals surface area contributed by atoms with Gasteiger partial charge in [0.25, 0.3) is 0 Å². The summed E-state index contributed by atoms with van der Waals surface area (Å²) >= 11 is 0. The van der Waals surface area contributed by atoms with Gasteiger partial charge in [-0.05, 0) is 57.6 Å². The fourth-order valence-electron chi connectivity index (χ4n) is 7.31. The monoisotopic (exact) mass is 1010 g/mol. The molecule has 0 radical (unpaired) electrons. The normalized spacial score (nSPS) is 12.6. The minimum absolute atomic E-state index is 0.0325. The van der Waals surface area contributed by atoms with Crippen LogP contribution in [-0.4, -0.2) is 87.7 Å². The number of amides is 4. The standard InChI is InChI=1S/C56H64N6O8S2/c1-67-47-27-23-45(24-28-47)51(61-49(37-69-35-43-19-11-5-12-20-43)55(65)59-33-53(63)57-31-41-15-7-3-8-16-41)39-71-72-40-52(46-25-29-48(68-2)30-26-46)62-50(38-70-36-44-21-13-6-14-22-44)56(66)60-34-54(64)58-32-42-17-9-4-10-18-42/h3-30,49-52,61-62H,31-40H2,1-2H3,(H,57,63)(H,58,64)(H,59,65)(H,60,66)/t49-,50-,51-,52-/m0/s1. The molecule has 72 heavy (non-hydrogen) atoms. The van der Waals surface area contributed by atoms with Crippen molar-refractivity contribution in [1.29, 1.82) is 0 Å². The quantitative estimate of drug-likeness (QED) is 0.0193. The van der Waals surface area contributed by atoms with Crippen LogP contribution in [0.2, 0.25) is 0 Å². The Morgan fingerprint density at radius 1 is 0.431 bits per heavy atom. The first kappa shape index (κ1) is 54.7. The molecule has 0 bridgehead atoms. The van der Waals surface area contributed by atoms with Gasteiger partial charge in [-0.1, -0.05) is 167 Å². The molecule has 0 unspecified atom stereocenters. The Labute approximate surface area is 430 Å². The zero-order valence-corrected chi connectivity index (χ0v) is 42.3. The number of rotatable bonds is 31. The Morgan fingerprint density at radius 3 is 1.10 bits per heavy atom. The second-order valence-corrected chi connectivity index (χ2v) is 19.2. The summed E-state index contributed by atoms with van der Waals surface area (Å²) in [6, 6.07) is 51.5. The molecular weight excluding hydrogens is 949 g/mol. The molecular formula is C56H64N6O8S2. The third-order valence-corrected chi connectivity index (χ3v) is 13.8.